The predicted molar refractivity (Wildman–Crippen MR) is 37.5 cm³/mol. The minimum Gasteiger partial charge on any atom is -0.167 e. The van der Waals surface area contributed by atoms with Crippen molar-refractivity contribution in [1.82, 2.24) is 0 Å². The average molecular weight is 110 g/mol. The zero-order chi connectivity index (χ0) is 6.41. The summed E-state index contributed by atoms with van der Waals surface area (Å²) in [6, 6.07) is 0. The van der Waals surface area contributed by atoms with Crippen LogP contribution in [0.5, 0.6) is 0 Å². The van der Waals surface area contributed by atoms with E-state index in [9.17, 15) is 0 Å². The first-order chi connectivity index (χ1) is 3.85. The Morgan fingerprint density at radius 2 is 2.38 bits per heavy atom. The minimum absolute atomic E-state index is 0.864. The van der Waals surface area contributed by atoms with Gasteiger partial charge < -0.3 is 0 Å². The van der Waals surface area contributed by atoms with Gasteiger partial charge in [0.1, 0.15) is 0 Å². The van der Waals surface area contributed by atoms with Gasteiger partial charge in [-0.25, -0.2) is 0 Å². The summed E-state index contributed by atoms with van der Waals surface area (Å²) in [5.74, 6) is 0. The van der Waals surface area contributed by atoms with Crippen LogP contribution in [-0.4, -0.2) is 12.4 Å². The Balaban J connectivity index is 3.84. The third-order valence-electron chi connectivity index (χ3n) is 0.797. The molecule has 0 aliphatic heterocycles. The first kappa shape index (κ1) is 7.08. The molecule has 8 heavy (non-hydrogen) atoms. The lowest BCUT2D eigenvalue weighted by Crippen LogP contribution is -1.85. The number of hydrogen-bond acceptors (Lipinski definition) is 2. The van der Waals surface area contributed by atoms with Crippen molar-refractivity contribution in [1.29, 1.82) is 0 Å². The van der Waals surface area contributed by atoms with Crippen LogP contribution in [0.15, 0.2) is 22.9 Å². The lowest BCUT2D eigenvalue weighted by Gasteiger charge is -1.86. The first-order valence-corrected chi connectivity index (χ1v) is 2.50. The molecule has 0 amide bonds. The van der Waals surface area contributed by atoms with Gasteiger partial charge in [-0.05, 0) is 12.5 Å². The molecule has 0 bridgehead atoms. The van der Waals surface area contributed by atoms with Gasteiger partial charge in [-0.15, -0.1) is 0 Å². The van der Waals surface area contributed by atoms with Gasteiger partial charge in [-0.2, -0.15) is 10.2 Å². The third kappa shape index (κ3) is 2.29. The maximum atomic E-state index is 3.67. The van der Waals surface area contributed by atoms with Crippen LogP contribution in [0.2, 0.25) is 0 Å². The second kappa shape index (κ2) is 4.24. The molecule has 0 saturated heterocycles. The largest absolute Gasteiger partial charge is 0.167 e. The number of nitrogens with zero attached hydrogens (tertiary/aromatic N) is 2. The summed E-state index contributed by atoms with van der Waals surface area (Å²) < 4.78 is 0. The smallest absolute Gasteiger partial charge is 0.0621 e. The molecule has 2 heteroatoms. The highest BCUT2D eigenvalue weighted by Gasteiger charge is 1.82. The predicted octanol–water partition coefficient (Wildman–Crippen LogP) is 1.64. The normalized spacial score (nSPS) is 10.9. The Labute approximate surface area is 49.6 Å². The van der Waals surface area contributed by atoms with E-state index in [4.69, 9.17) is 0 Å². The van der Waals surface area contributed by atoms with Crippen LogP contribution in [-0.2, 0) is 0 Å². The molecule has 44 valence electrons. The average Bonchev–Trinajstić information content (AvgIpc) is 1.83. The quantitative estimate of drug-likeness (QED) is 0.389. The second-order valence-corrected chi connectivity index (χ2v) is 1.29. The molecule has 2 nitrogen and oxygen atoms in total. The van der Waals surface area contributed by atoms with Crippen LogP contribution < -0.4 is 0 Å². The fraction of sp³-hybridized carbons (Fsp3) is 0.333. The van der Waals surface area contributed by atoms with Gasteiger partial charge in [0, 0.05) is 6.72 Å². The molecule has 0 atom stereocenters. The zero-order valence-corrected chi connectivity index (χ0v) is 5.09. The van der Waals surface area contributed by atoms with Crippen molar-refractivity contribution in [2.75, 3.05) is 0 Å². The standard InChI is InChI=1S/C6H10N2/c1-4-6(5-2)8-7-3/h4H,1,3,5H2,2H3/b8-6+. The van der Waals surface area contributed by atoms with E-state index in [1.54, 1.807) is 6.08 Å². The molecule has 0 radical (unpaired) electrons. The summed E-state index contributed by atoms with van der Waals surface area (Å²) in [5, 5.41) is 7.02. The lowest BCUT2D eigenvalue weighted by molar-refractivity contribution is 1.19. The fourth-order valence-corrected chi connectivity index (χ4v) is 0.347. The Hall–Kier alpha value is -0.920. The van der Waals surface area contributed by atoms with E-state index >= 15 is 0 Å². The summed E-state index contributed by atoms with van der Waals surface area (Å²) >= 11 is 0. The Bertz CT molecular complexity index is 114. The highest BCUT2D eigenvalue weighted by atomic mass is 15.2. The summed E-state index contributed by atoms with van der Waals surface area (Å²) in [6.07, 6.45) is 2.54. The Kier molecular flexibility index (Phi) is 3.76. The highest BCUT2D eigenvalue weighted by Crippen LogP contribution is 1.85. The number of allylic oxidation sites excluding steroid dienone is 1. The summed E-state index contributed by atoms with van der Waals surface area (Å²) in [5.41, 5.74) is 0.875. The molecule has 0 aromatic heterocycles. The number of rotatable bonds is 3. The van der Waals surface area contributed by atoms with Crippen molar-refractivity contribution in [2.24, 2.45) is 10.2 Å². The van der Waals surface area contributed by atoms with E-state index in [0.29, 0.717) is 0 Å². The molecule has 0 unspecified atom stereocenters. The van der Waals surface area contributed by atoms with Gasteiger partial charge in [-0.3, -0.25) is 0 Å². The van der Waals surface area contributed by atoms with Crippen molar-refractivity contribution in [3.05, 3.63) is 12.7 Å². The van der Waals surface area contributed by atoms with Crippen LogP contribution in [0.1, 0.15) is 13.3 Å². The van der Waals surface area contributed by atoms with Crippen molar-refractivity contribution in [3.8, 4) is 0 Å². The molecule has 0 saturated carbocycles. The topological polar surface area (TPSA) is 24.7 Å². The van der Waals surface area contributed by atoms with E-state index in [1.165, 1.54) is 0 Å². The monoisotopic (exact) mass is 110 g/mol. The van der Waals surface area contributed by atoms with Crippen LogP contribution in [0, 0.1) is 0 Å². The molecule has 0 rings (SSSR count). The third-order valence-corrected chi connectivity index (χ3v) is 0.797. The van der Waals surface area contributed by atoms with Crippen molar-refractivity contribution >= 4 is 12.4 Å². The van der Waals surface area contributed by atoms with Crippen LogP contribution in [0.4, 0.5) is 0 Å². The maximum absolute atomic E-state index is 3.67. The molecule has 0 aliphatic carbocycles. The van der Waals surface area contributed by atoms with Gasteiger partial charge >= 0.3 is 0 Å². The highest BCUT2D eigenvalue weighted by molar-refractivity contribution is 5.94. The van der Waals surface area contributed by atoms with Crippen LogP contribution in [0.25, 0.3) is 0 Å². The Morgan fingerprint density at radius 1 is 1.75 bits per heavy atom. The molecule has 0 aliphatic rings. The van der Waals surface area contributed by atoms with Crippen molar-refractivity contribution in [2.45, 2.75) is 13.3 Å². The van der Waals surface area contributed by atoms with Crippen LogP contribution >= 0.6 is 0 Å². The summed E-state index contributed by atoms with van der Waals surface area (Å²) in [6.45, 7) is 8.73. The molecule has 0 N–H and O–H groups in total. The van der Waals surface area contributed by atoms with Gasteiger partial charge in [0.15, 0.2) is 0 Å². The van der Waals surface area contributed by atoms with Gasteiger partial charge in [-0.1, -0.05) is 13.5 Å². The van der Waals surface area contributed by atoms with E-state index in [2.05, 4.69) is 23.5 Å². The molecule has 0 fully saturated rings. The maximum Gasteiger partial charge on any atom is 0.0621 e. The fourth-order valence-electron chi connectivity index (χ4n) is 0.347. The van der Waals surface area contributed by atoms with Crippen LogP contribution in [0.3, 0.4) is 0 Å². The minimum atomic E-state index is 0.864. The van der Waals surface area contributed by atoms with Gasteiger partial charge in [0.2, 0.25) is 0 Å². The van der Waals surface area contributed by atoms with E-state index in [0.717, 1.165) is 12.1 Å². The van der Waals surface area contributed by atoms with E-state index in [1.807, 2.05) is 6.92 Å². The SMILES string of the molecule is C=C/C(CC)=N\N=C. The van der Waals surface area contributed by atoms with E-state index in [-0.39, 0.29) is 0 Å². The second-order valence-electron chi connectivity index (χ2n) is 1.29. The zero-order valence-electron chi connectivity index (χ0n) is 5.09. The van der Waals surface area contributed by atoms with Gasteiger partial charge in [0.25, 0.3) is 0 Å². The Morgan fingerprint density at radius 3 is 2.50 bits per heavy atom. The molecular weight excluding hydrogens is 100 g/mol. The molecule has 0 spiro atoms. The molecule has 0 aromatic rings. The number of hydrogen-bond donors (Lipinski definition) is 0. The van der Waals surface area contributed by atoms with Crippen molar-refractivity contribution in [3.63, 3.8) is 0 Å². The van der Waals surface area contributed by atoms with Gasteiger partial charge in [0.05, 0.1) is 5.71 Å². The van der Waals surface area contributed by atoms with Crippen molar-refractivity contribution < 1.29 is 0 Å². The summed E-state index contributed by atoms with van der Waals surface area (Å²) in [7, 11) is 0. The summed E-state index contributed by atoms with van der Waals surface area (Å²) in [4.78, 5) is 0. The first-order valence-electron chi connectivity index (χ1n) is 2.50. The molecule has 0 heterocycles. The van der Waals surface area contributed by atoms with E-state index < -0.39 is 0 Å². The molecular formula is C6H10N2. The lowest BCUT2D eigenvalue weighted by atomic mass is 10.3. The molecule has 0 aromatic carbocycles.